The van der Waals surface area contributed by atoms with Crippen LogP contribution in [0.25, 0.3) is 10.8 Å². The number of ether oxygens (including phenoxy) is 1. The molecule has 23 heavy (non-hydrogen) atoms. The molecule has 1 atom stereocenters. The highest BCUT2D eigenvalue weighted by atomic mass is 32.2. The van der Waals surface area contributed by atoms with Crippen LogP contribution in [0.2, 0.25) is 0 Å². The SMILES string of the molecule is O=C(OCCCc1cccc2ccccc12)[C@H]1CCS(=O)(=O)C1. The second-order valence-electron chi connectivity index (χ2n) is 6.01. The lowest BCUT2D eigenvalue weighted by molar-refractivity contribution is -0.147. The maximum absolute atomic E-state index is 11.9. The third-order valence-electron chi connectivity index (χ3n) is 4.28. The first-order valence-electron chi connectivity index (χ1n) is 7.89. The lowest BCUT2D eigenvalue weighted by Gasteiger charge is -2.10. The lowest BCUT2D eigenvalue weighted by atomic mass is 10.0. The Labute approximate surface area is 136 Å². The molecule has 4 nitrogen and oxygen atoms in total. The molecule has 3 rings (SSSR count). The first kappa shape index (κ1) is 16.0. The molecule has 2 aromatic rings. The van der Waals surface area contributed by atoms with Crippen LogP contribution in [0.3, 0.4) is 0 Å². The minimum Gasteiger partial charge on any atom is -0.465 e. The van der Waals surface area contributed by atoms with Crippen LogP contribution in [0.1, 0.15) is 18.4 Å². The second-order valence-corrected chi connectivity index (χ2v) is 8.24. The molecule has 0 unspecified atom stereocenters. The van der Waals surface area contributed by atoms with E-state index in [1.165, 1.54) is 16.3 Å². The van der Waals surface area contributed by atoms with E-state index in [9.17, 15) is 13.2 Å². The molecular formula is C18H20O4S. The van der Waals surface area contributed by atoms with E-state index >= 15 is 0 Å². The number of aryl methyl sites for hydroxylation is 1. The van der Waals surface area contributed by atoms with E-state index in [0.717, 1.165) is 12.8 Å². The highest BCUT2D eigenvalue weighted by Gasteiger charge is 2.33. The molecule has 122 valence electrons. The summed E-state index contributed by atoms with van der Waals surface area (Å²) >= 11 is 0. The number of hydrogen-bond acceptors (Lipinski definition) is 4. The van der Waals surface area contributed by atoms with Crippen LogP contribution < -0.4 is 0 Å². The average molecular weight is 332 g/mol. The molecule has 0 N–H and O–H groups in total. The summed E-state index contributed by atoms with van der Waals surface area (Å²) in [6.45, 7) is 0.332. The van der Waals surface area contributed by atoms with Gasteiger partial charge in [-0.3, -0.25) is 4.79 Å². The highest BCUT2D eigenvalue weighted by Crippen LogP contribution is 2.21. The van der Waals surface area contributed by atoms with Gasteiger partial charge in [0, 0.05) is 0 Å². The van der Waals surface area contributed by atoms with Gasteiger partial charge in [-0.2, -0.15) is 0 Å². The van der Waals surface area contributed by atoms with Gasteiger partial charge in [0.25, 0.3) is 0 Å². The van der Waals surface area contributed by atoms with Crippen molar-refractivity contribution in [3.63, 3.8) is 0 Å². The van der Waals surface area contributed by atoms with E-state index in [4.69, 9.17) is 4.74 Å². The Morgan fingerprint density at radius 2 is 1.91 bits per heavy atom. The summed E-state index contributed by atoms with van der Waals surface area (Å²) in [5, 5.41) is 2.43. The van der Waals surface area contributed by atoms with Crippen molar-refractivity contribution in [2.75, 3.05) is 18.1 Å². The predicted octanol–water partition coefficient (Wildman–Crippen LogP) is 2.75. The summed E-state index contributed by atoms with van der Waals surface area (Å²) in [5.41, 5.74) is 1.24. The van der Waals surface area contributed by atoms with Crippen LogP contribution in [0.5, 0.6) is 0 Å². The molecule has 0 bridgehead atoms. The number of esters is 1. The quantitative estimate of drug-likeness (QED) is 0.624. The summed E-state index contributed by atoms with van der Waals surface area (Å²) in [6, 6.07) is 14.4. The molecule has 0 aromatic heterocycles. The fourth-order valence-electron chi connectivity index (χ4n) is 3.04. The van der Waals surface area contributed by atoms with E-state index in [1.54, 1.807) is 0 Å². The molecule has 0 amide bonds. The van der Waals surface area contributed by atoms with Gasteiger partial charge in [-0.25, -0.2) is 8.42 Å². The molecule has 5 heteroatoms. The molecule has 1 fully saturated rings. The van der Waals surface area contributed by atoms with Crippen molar-refractivity contribution in [1.29, 1.82) is 0 Å². The Balaban J connectivity index is 1.51. The summed E-state index contributed by atoms with van der Waals surface area (Å²) in [7, 11) is -3.04. The van der Waals surface area contributed by atoms with Crippen LogP contribution in [0.15, 0.2) is 42.5 Å². The highest BCUT2D eigenvalue weighted by molar-refractivity contribution is 7.91. The Kier molecular flexibility index (Phi) is 4.66. The number of fused-ring (bicyclic) bond motifs is 1. The van der Waals surface area contributed by atoms with Gasteiger partial charge in [-0.05, 0) is 35.6 Å². The zero-order valence-electron chi connectivity index (χ0n) is 12.9. The third-order valence-corrected chi connectivity index (χ3v) is 6.05. The van der Waals surface area contributed by atoms with Crippen LogP contribution in [0, 0.1) is 5.92 Å². The summed E-state index contributed by atoms with van der Waals surface area (Å²) in [5.74, 6) is -0.806. The van der Waals surface area contributed by atoms with Crippen molar-refractivity contribution in [2.45, 2.75) is 19.3 Å². The summed E-state index contributed by atoms with van der Waals surface area (Å²) < 4.78 is 28.0. The number of carbonyl (C=O) groups excluding carboxylic acids is 1. The Bertz CT molecular complexity index is 805. The van der Waals surface area contributed by atoms with E-state index < -0.39 is 15.8 Å². The molecule has 0 saturated carbocycles. The lowest BCUT2D eigenvalue weighted by Crippen LogP contribution is -2.19. The topological polar surface area (TPSA) is 60.4 Å². The van der Waals surface area contributed by atoms with Gasteiger partial charge >= 0.3 is 5.97 Å². The third kappa shape index (κ3) is 3.91. The van der Waals surface area contributed by atoms with Gasteiger partial charge in [-0.15, -0.1) is 0 Å². The number of hydrogen-bond donors (Lipinski definition) is 0. The second kappa shape index (κ2) is 6.71. The largest absolute Gasteiger partial charge is 0.465 e. The monoisotopic (exact) mass is 332 g/mol. The van der Waals surface area contributed by atoms with Crippen LogP contribution in [0.4, 0.5) is 0 Å². The molecule has 1 saturated heterocycles. The molecular weight excluding hydrogens is 312 g/mol. The minimum absolute atomic E-state index is 0.0604. The van der Waals surface area contributed by atoms with Crippen molar-refractivity contribution in [2.24, 2.45) is 5.92 Å². The Hall–Kier alpha value is -1.88. The zero-order valence-corrected chi connectivity index (χ0v) is 13.7. The average Bonchev–Trinajstić information content (AvgIpc) is 2.91. The Morgan fingerprint density at radius 3 is 2.70 bits per heavy atom. The van der Waals surface area contributed by atoms with Crippen LogP contribution in [-0.4, -0.2) is 32.5 Å². The van der Waals surface area contributed by atoms with E-state index in [2.05, 4.69) is 24.3 Å². The normalized spacial score (nSPS) is 19.7. The number of benzene rings is 2. The van der Waals surface area contributed by atoms with E-state index in [0.29, 0.717) is 13.0 Å². The first-order valence-corrected chi connectivity index (χ1v) is 9.71. The van der Waals surface area contributed by atoms with Crippen molar-refractivity contribution in [3.05, 3.63) is 48.0 Å². The maximum atomic E-state index is 11.9. The van der Waals surface area contributed by atoms with Crippen molar-refractivity contribution in [1.82, 2.24) is 0 Å². The summed E-state index contributed by atoms with van der Waals surface area (Å²) in [4.78, 5) is 11.9. The molecule has 0 aliphatic carbocycles. The molecule has 0 radical (unpaired) electrons. The van der Waals surface area contributed by atoms with Crippen LogP contribution in [-0.2, 0) is 25.8 Å². The molecule has 1 aliphatic rings. The van der Waals surface area contributed by atoms with Crippen LogP contribution >= 0.6 is 0 Å². The zero-order chi connectivity index (χ0) is 16.3. The maximum Gasteiger partial charge on any atom is 0.309 e. The van der Waals surface area contributed by atoms with Crippen molar-refractivity contribution < 1.29 is 17.9 Å². The fraction of sp³-hybridized carbons (Fsp3) is 0.389. The van der Waals surface area contributed by atoms with Gasteiger partial charge in [0.15, 0.2) is 9.84 Å². The first-order chi connectivity index (χ1) is 11.1. The van der Waals surface area contributed by atoms with Crippen molar-refractivity contribution in [3.8, 4) is 0 Å². The standard InChI is InChI=1S/C18H20O4S/c19-18(16-10-12-23(20,21)13-16)22-11-4-8-15-7-3-6-14-5-1-2-9-17(14)15/h1-3,5-7,9,16H,4,8,10-13H2/t16-/m0/s1. The van der Waals surface area contributed by atoms with Gasteiger partial charge in [0.05, 0.1) is 24.0 Å². The predicted molar refractivity (Wildman–Crippen MR) is 90.0 cm³/mol. The molecule has 1 aliphatic heterocycles. The Morgan fingerprint density at radius 1 is 1.13 bits per heavy atom. The fourth-order valence-corrected chi connectivity index (χ4v) is 4.77. The summed E-state index contributed by atoms with van der Waals surface area (Å²) in [6.07, 6.45) is 1.96. The number of carbonyl (C=O) groups is 1. The molecule has 1 heterocycles. The van der Waals surface area contributed by atoms with Crippen molar-refractivity contribution >= 4 is 26.6 Å². The van der Waals surface area contributed by atoms with E-state index in [1.807, 2.05) is 18.2 Å². The smallest absolute Gasteiger partial charge is 0.309 e. The molecule has 0 spiro atoms. The van der Waals surface area contributed by atoms with Gasteiger partial charge in [0.1, 0.15) is 0 Å². The number of rotatable bonds is 5. The number of sulfone groups is 1. The van der Waals surface area contributed by atoms with E-state index in [-0.39, 0.29) is 17.5 Å². The van der Waals surface area contributed by atoms with Gasteiger partial charge < -0.3 is 4.74 Å². The molecule has 2 aromatic carbocycles. The van der Waals surface area contributed by atoms with Gasteiger partial charge in [-0.1, -0.05) is 42.5 Å². The van der Waals surface area contributed by atoms with Gasteiger partial charge in [0.2, 0.25) is 0 Å². The minimum atomic E-state index is -3.04.